The Hall–Kier alpha value is -5.06. The van der Waals surface area contributed by atoms with Crippen molar-refractivity contribution in [1.82, 2.24) is 0 Å². The quantitative estimate of drug-likeness (QED) is 0.180. The summed E-state index contributed by atoms with van der Waals surface area (Å²) >= 11 is 0. The first-order valence-corrected chi connectivity index (χ1v) is 11.6. The van der Waals surface area contributed by atoms with Gasteiger partial charge in [0.15, 0.2) is 0 Å². The summed E-state index contributed by atoms with van der Waals surface area (Å²) in [5, 5.41) is 0. The van der Waals surface area contributed by atoms with Crippen LogP contribution in [0.4, 0.5) is 0 Å². The van der Waals surface area contributed by atoms with Gasteiger partial charge < -0.3 is 9.47 Å². The molecule has 37 heavy (non-hydrogen) atoms. The molecular weight excluding hydrogens is 460 g/mol. The van der Waals surface area contributed by atoms with Crippen molar-refractivity contribution in [1.29, 1.82) is 0 Å². The fourth-order valence-corrected chi connectivity index (χ4v) is 3.78. The first-order chi connectivity index (χ1) is 17.8. The highest BCUT2D eigenvalue weighted by Crippen LogP contribution is 2.33. The van der Waals surface area contributed by atoms with Gasteiger partial charge in [-0.05, 0) is 83.9 Å². The van der Waals surface area contributed by atoms with E-state index in [1.807, 2.05) is 24.3 Å². The summed E-state index contributed by atoms with van der Waals surface area (Å²) in [7, 11) is 0. The van der Waals surface area contributed by atoms with Crippen LogP contribution in [-0.2, 0) is 5.41 Å². The summed E-state index contributed by atoms with van der Waals surface area (Å²) in [6.45, 7) is 4.18. The van der Waals surface area contributed by atoms with E-state index >= 15 is 0 Å². The van der Waals surface area contributed by atoms with Crippen LogP contribution in [0.3, 0.4) is 0 Å². The van der Waals surface area contributed by atoms with Gasteiger partial charge in [-0.2, -0.15) is 0 Å². The van der Waals surface area contributed by atoms with E-state index in [2.05, 4.69) is 25.7 Å². The highest BCUT2D eigenvalue weighted by Gasteiger charge is 2.23. The average molecular weight is 485 g/mol. The molecule has 0 spiro atoms. The molecule has 0 heterocycles. The summed E-state index contributed by atoms with van der Waals surface area (Å²) in [4.78, 5) is 24.9. The third-order valence-corrected chi connectivity index (χ3v) is 6.15. The van der Waals surface area contributed by atoms with Gasteiger partial charge in [0.1, 0.15) is 11.5 Å². The Bertz CT molecular complexity index is 1380. The van der Waals surface area contributed by atoms with Gasteiger partial charge in [0, 0.05) is 16.5 Å². The number of rotatable bonds is 6. The molecule has 0 radical (unpaired) electrons. The Morgan fingerprint density at radius 1 is 0.568 bits per heavy atom. The maximum Gasteiger partial charge on any atom is 0.343 e. The molecule has 4 heteroatoms. The molecule has 180 valence electrons. The fourth-order valence-electron chi connectivity index (χ4n) is 3.78. The zero-order valence-electron chi connectivity index (χ0n) is 20.5. The number of hydrogen-bond donors (Lipinski definition) is 0. The maximum absolute atomic E-state index is 12.4. The maximum atomic E-state index is 12.4. The van der Waals surface area contributed by atoms with Gasteiger partial charge in [0.05, 0.1) is 11.1 Å². The second-order valence-corrected chi connectivity index (χ2v) is 8.90. The molecule has 0 saturated carbocycles. The highest BCUT2D eigenvalue weighted by molar-refractivity contribution is 5.91. The molecule has 0 aliphatic carbocycles. The minimum atomic E-state index is -0.451. The molecule has 0 fully saturated rings. The van der Waals surface area contributed by atoms with Crippen LogP contribution in [0.25, 0.3) is 0 Å². The minimum Gasteiger partial charge on any atom is -0.423 e. The Kier molecular flexibility index (Phi) is 7.23. The van der Waals surface area contributed by atoms with Gasteiger partial charge in [-0.15, -0.1) is 12.8 Å². The normalized spacial score (nSPS) is 10.6. The van der Waals surface area contributed by atoms with Crippen molar-refractivity contribution in [3.63, 3.8) is 0 Å². The standard InChI is InChI=1S/C33H24O4/c1-5-23-7-11-25(12-8-23)31(34)36-29-19-15-27(16-20-29)33(3,4)28-17-21-30(22-18-28)37-32(35)26-13-9-24(6-2)10-14-26/h1-2,7-22H,3-4H3. The van der Waals surface area contributed by atoms with Gasteiger partial charge in [-0.3, -0.25) is 0 Å². The molecule has 0 atom stereocenters. The highest BCUT2D eigenvalue weighted by atomic mass is 16.5. The molecule has 0 N–H and O–H groups in total. The molecule has 4 nitrogen and oxygen atoms in total. The van der Waals surface area contributed by atoms with Crippen LogP contribution in [0.15, 0.2) is 97.1 Å². The van der Waals surface area contributed by atoms with E-state index in [0.717, 1.165) is 11.1 Å². The summed E-state index contributed by atoms with van der Waals surface area (Å²) in [6.07, 6.45) is 10.7. The van der Waals surface area contributed by atoms with Crippen LogP contribution in [0.2, 0.25) is 0 Å². The second-order valence-electron chi connectivity index (χ2n) is 8.90. The summed E-state index contributed by atoms with van der Waals surface area (Å²) in [6, 6.07) is 28.2. The Labute approximate surface area is 216 Å². The molecule has 0 unspecified atom stereocenters. The van der Waals surface area contributed by atoms with Crippen molar-refractivity contribution in [2.45, 2.75) is 19.3 Å². The Morgan fingerprint density at radius 3 is 1.19 bits per heavy atom. The molecular formula is C33H24O4. The molecule has 4 aromatic rings. The van der Waals surface area contributed by atoms with Gasteiger partial charge in [0.25, 0.3) is 0 Å². The Balaban J connectivity index is 1.42. The van der Waals surface area contributed by atoms with Gasteiger partial charge in [0.2, 0.25) is 0 Å². The summed E-state index contributed by atoms with van der Waals surface area (Å²) < 4.78 is 11.0. The largest absolute Gasteiger partial charge is 0.423 e. The van der Waals surface area contributed by atoms with E-state index in [0.29, 0.717) is 33.8 Å². The minimum absolute atomic E-state index is 0.346. The molecule has 4 rings (SSSR count). The van der Waals surface area contributed by atoms with E-state index in [1.165, 1.54) is 0 Å². The van der Waals surface area contributed by atoms with Crippen molar-refractivity contribution >= 4 is 11.9 Å². The zero-order chi connectivity index (χ0) is 26.4. The van der Waals surface area contributed by atoms with Crippen molar-refractivity contribution < 1.29 is 19.1 Å². The number of hydrogen-bond acceptors (Lipinski definition) is 4. The van der Waals surface area contributed by atoms with E-state index in [1.54, 1.807) is 72.8 Å². The predicted molar refractivity (Wildman–Crippen MR) is 144 cm³/mol. The first-order valence-electron chi connectivity index (χ1n) is 11.6. The van der Waals surface area contributed by atoms with Gasteiger partial charge in [-0.25, -0.2) is 9.59 Å². The smallest absolute Gasteiger partial charge is 0.343 e. The summed E-state index contributed by atoms with van der Waals surface area (Å²) in [5.74, 6) is 5.03. The van der Waals surface area contributed by atoms with Crippen molar-refractivity contribution in [2.24, 2.45) is 0 Å². The van der Waals surface area contributed by atoms with Gasteiger partial charge >= 0.3 is 11.9 Å². The van der Waals surface area contributed by atoms with Crippen LogP contribution in [0.5, 0.6) is 11.5 Å². The average Bonchev–Trinajstić information content (AvgIpc) is 2.93. The van der Waals surface area contributed by atoms with Crippen LogP contribution < -0.4 is 9.47 Å². The van der Waals surface area contributed by atoms with Gasteiger partial charge in [-0.1, -0.05) is 50.0 Å². The molecule has 0 bridgehead atoms. The number of esters is 2. The fraction of sp³-hybridized carbons (Fsp3) is 0.0909. The number of benzene rings is 4. The molecule has 4 aromatic carbocycles. The molecule has 0 aliphatic heterocycles. The number of carbonyl (C=O) groups is 2. The lowest BCUT2D eigenvalue weighted by molar-refractivity contribution is 0.0725. The third-order valence-electron chi connectivity index (χ3n) is 6.15. The lowest BCUT2D eigenvalue weighted by atomic mass is 9.78. The van der Waals surface area contributed by atoms with Crippen molar-refractivity contribution in [3.8, 4) is 36.2 Å². The van der Waals surface area contributed by atoms with E-state index in [4.69, 9.17) is 22.3 Å². The monoisotopic (exact) mass is 484 g/mol. The van der Waals surface area contributed by atoms with E-state index in [9.17, 15) is 9.59 Å². The molecule has 0 saturated heterocycles. The SMILES string of the molecule is C#Cc1ccc(C(=O)Oc2ccc(C(C)(C)c3ccc(OC(=O)c4ccc(C#C)cc4)cc3)cc2)cc1. The predicted octanol–water partition coefficient (Wildman–Crippen LogP) is 6.41. The van der Waals surface area contributed by atoms with Crippen LogP contribution in [-0.4, -0.2) is 11.9 Å². The number of carbonyl (C=O) groups excluding carboxylic acids is 2. The molecule has 0 aliphatic rings. The van der Waals surface area contributed by atoms with E-state index < -0.39 is 11.9 Å². The lowest BCUT2D eigenvalue weighted by Gasteiger charge is -2.26. The topological polar surface area (TPSA) is 52.6 Å². The van der Waals surface area contributed by atoms with E-state index in [-0.39, 0.29) is 5.41 Å². The van der Waals surface area contributed by atoms with Crippen LogP contribution >= 0.6 is 0 Å². The lowest BCUT2D eigenvalue weighted by Crippen LogP contribution is -2.19. The summed E-state index contributed by atoms with van der Waals surface area (Å²) in [5.41, 5.74) is 3.96. The Morgan fingerprint density at radius 2 is 0.892 bits per heavy atom. The molecule has 0 aromatic heterocycles. The van der Waals surface area contributed by atoms with Crippen molar-refractivity contribution in [3.05, 3.63) is 130 Å². The number of ether oxygens (including phenoxy) is 2. The second kappa shape index (κ2) is 10.7. The van der Waals surface area contributed by atoms with Crippen LogP contribution in [0, 0.1) is 24.7 Å². The number of terminal acetylenes is 2. The van der Waals surface area contributed by atoms with Crippen LogP contribution in [0.1, 0.15) is 56.8 Å². The molecule has 0 amide bonds. The third kappa shape index (κ3) is 5.78. The zero-order valence-corrected chi connectivity index (χ0v) is 20.5. The van der Waals surface area contributed by atoms with Crippen molar-refractivity contribution in [2.75, 3.05) is 0 Å². The first kappa shape index (κ1) is 25.0.